The smallest absolute Gasteiger partial charge is 0.241 e. The van der Waals surface area contributed by atoms with Crippen LogP contribution in [0.15, 0.2) is 27.6 Å². The van der Waals surface area contributed by atoms with Gasteiger partial charge in [-0.15, -0.1) is 0 Å². The normalized spacial score (nSPS) is 12.0. The first-order valence-corrected chi connectivity index (χ1v) is 9.20. The summed E-state index contributed by atoms with van der Waals surface area (Å²) in [7, 11) is -3.51. The van der Waals surface area contributed by atoms with Crippen LogP contribution in [-0.4, -0.2) is 28.2 Å². The summed E-state index contributed by atoms with van der Waals surface area (Å²) in [5.74, 6) is 0.485. The van der Waals surface area contributed by atoms with Crippen molar-refractivity contribution in [3.63, 3.8) is 0 Å². The largest absolute Gasteiger partial charge is 0.381 e. The van der Waals surface area contributed by atoms with Crippen LogP contribution < -0.4 is 10.5 Å². The van der Waals surface area contributed by atoms with Crippen LogP contribution in [0.5, 0.6) is 0 Å². The number of nitrogens with one attached hydrogen (secondary N) is 1. The lowest BCUT2D eigenvalue weighted by Gasteiger charge is -2.10. The third-order valence-corrected chi connectivity index (χ3v) is 5.17. The summed E-state index contributed by atoms with van der Waals surface area (Å²) < 4.78 is 32.9. The van der Waals surface area contributed by atoms with E-state index >= 15 is 0 Å². The second-order valence-electron chi connectivity index (χ2n) is 5.19. The van der Waals surface area contributed by atoms with Crippen molar-refractivity contribution in [1.82, 2.24) is 4.72 Å². The maximum absolute atomic E-state index is 12.2. The van der Waals surface area contributed by atoms with Gasteiger partial charge in [0.2, 0.25) is 10.0 Å². The van der Waals surface area contributed by atoms with E-state index in [9.17, 15) is 8.42 Å². The van der Waals surface area contributed by atoms with Gasteiger partial charge in [-0.05, 0) is 46.0 Å². The molecule has 0 aliphatic rings. The maximum Gasteiger partial charge on any atom is 0.241 e. The number of hydrogen-bond acceptors (Lipinski definition) is 4. The summed E-state index contributed by atoms with van der Waals surface area (Å²) in [6.07, 6.45) is 0.643. The van der Waals surface area contributed by atoms with Crippen molar-refractivity contribution in [3.05, 3.63) is 28.2 Å². The average Bonchev–Trinajstić information content (AvgIpc) is 2.41. The van der Waals surface area contributed by atoms with Crippen molar-refractivity contribution in [2.45, 2.75) is 31.7 Å². The Morgan fingerprint density at radius 1 is 1.38 bits per heavy atom. The Labute approximate surface area is 135 Å². The SMILES string of the molecule is CC(C)COCCCNS(=O)(=O)c1ccc(CN)cc1Br. The minimum absolute atomic E-state index is 0.225. The lowest BCUT2D eigenvalue weighted by molar-refractivity contribution is 0.108. The Kier molecular flexibility index (Phi) is 7.83. The number of nitrogens with two attached hydrogens (primary N) is 1. The van der Waals surface area contributed by atoms with E-state index in [2.05, 4.69) is 34.5 Å². The van der Waals surface area contributed by atoms with Gasteiger partial charge in [-0.1, -0.05) is 19.9 Å². The highest BCUT2D eigenvalue weighted by Gasteiger charge is 2.17. The molecule has 0 aromatic heterocycles. The molecule has 0 saturated heterocycles. The monoisotopic (exact) mass is 378 g/mol. The molecule has 0 spiro atoms. The molecule has 3 N–H and O–H groups in total. The van der Waals surface area contributed by atoms with Crippen molar-refractivity contribution >= 4 is 26.0 Å². The quantitative estimate of drug-likeness (QED) is 0.645. The Hall–Kier alpha value is -0.470. The van der Waals surface area contributed by atoms with E-state index in [1.54, 1.807) is 18.2 Å². The van der Waals surface area contributed by atoms with Gasteiger partial charge in [0.05, 0.1) is 4.90 Å². The zero-order valence-corrected chi connectivity index (χ0v) is 14.8. The lowest BCUT2D eigenvalue weighted by Crippen LogP contribution is -2.26. The molecule has 0 amide bonds. The minimum atomic E-state index is -3.51. The second kappa shape index (κ2) is 8.85. The summed E-state index contributed by atoms with van der Waals surface area (Å²) in [6, 6.07) is 5.00. The van der Waals surface area contributed by atoms with Crippen molar-refractivity contribution < 1.29 is 13.2 Å². The molecule has 0 unspecified atom stereocenters. The van der Waals surface area contributed by atoms with Crippen molar-refractivity contribution in [3.8, 4) is 0 Å². The third-order valence-electron chi connectivity index (χ3n) is 2.73. The molecule has 1 aromatic rings. The molecule has 0 fully saturated rings. The molecular weight excluding hydrogens is 356 g/mol. The third kappa shape index (κ3) is 6.44. The van der Waals surface area contributed by atoms with Gasteiger partial charge in [0.25, 0.3) is 0 Å². The fourth-order valence-corrected chi connectivity index (χ4v) is 3.86. The number of sulfonamides is 1. The molecule has 0 atom stereocenters. The topological polar surface area (TPSA) is 81.4 Å². The van der Waals surface area contributed by atoms with Gasteiger partial charge in [0, 0.05) is 30.8 Å². The number of rotatable bonds is 9. The number of ether oxygens (including phenoxy) is 1. The molecule has 120 valence electrons. The summed E-state index contributed by atoms with van der Waals surface area (Å²) >= 11 is 3.27. The van der Waals surface area contributed by atoms with E-state index < -0.39 is 10.0 Å². The fourth-order valence-electron chi connectivity index (χ4n) is 1.67. The first-order chi connectivity index (χ1) is 9.86. The Bertz CT molecular complexity index is 547. The van der Waals surface area contributed by atoms with Gasteiger partial charge in [-0.2, -0.15) is 0 Å². The van der Waals surface area contributed by atoms with Gasteiger partial charge < -0.3 is 10.5 Å². The van der Waals surface area contributed by atoms with Gasteiger partial charge in [-0.3, -0.25) is 0 Å². The standard InChI is InChI=1S/C14H23BrN2O3S/c1-11(2)10-20-7-3-6-17-21(18,19)14-5-4-12(9-16)8-13(14)15/h4-5,8,11,17H,3,6-7,9-10,16H2,1-2H3. The average molecular weight is 379 g/mol. The van der Waals surface area contributed by atoms with E-state index in [1.165, 1.54) is 0 Å². The number of hydrogen-bond donors (Lipinski definition) is 2. The zero-order chi connectivity index (χ0) is 15.9. The summed E-state index contributed by atoms with van der Waals surface area (Å²) in [5, 5.41) is 0. The molecule has 0 heterocycles. The van der Waals surface area contributed by atoms with E-state index in [4.69, 9.17) is 10.5 Å². The molecule has 0 radical (unpaired) electrons. The zero-order valence-electron chi connectivity index (χ0n) is 12.4. The highest BCUT2D eigenvalue weighted by molar-refractivity contribution is 9.10. The number of benzene rings is 1. The lowest BCUT2D eigenvalue weighted by atomic mass is 10.2. The predicted octanol–water partition coefficient (Wildman–Crippen LogP) is 2.25. The highest BCUT2D eigenvalue weighted by Crippen LogP contribution is 2.23. The first-order valence-electron chi connectivity index (χ1n) is 6.92. The Morgan fingerprint density at radius 2 is 2.10 bits per heavy atom. The molecule has 5 nitrogen and oxygen atoms in total. The minimum Gasteiger partial charge on any atom is -0.381 e. The van der Waals surface area contributed by atoms with Crippen LogP contribution in [-0.2, 0) is 21.3 Å². The molecule has 0 bridgehead atoms. The van der Waals surface area contributed by atoms with Crippen LogP contribution in [0.4, 0.5) is 0 Å². The van der Waals surface area contributed by atoms with Crippen molar-refractivity contribution in [2.75, 3.05) is 19.8 Å². The second-order valence-corrected chi connectivity index (χ2v) is 7.78. The molecule has 7 heteroatoms. The van der Waals surface area contributed by atoms with Crippen LogP contribution in [0, 0.1) is 5.92 Å². The molecule has 0 aliphatic carbocycles. The van der Waals surface area contributed by atoms with Gasteiger partial charge >= 0.3 is 0 Å². The Morgan fingerprint density at radius 3 is 2.67 bits per heavy atom. The number of halogens is 1. The van der Waals surface area contributed by atoms with Crippen LogP contribution in [0.25, 0.3) is 0 Å². The first kappa shape index (κ1) is 18.6. The molecule has 0 saturated carbocycles. The van der Waals surface area contributed by atoms with E-state index in [-0.39, 0.29) is 4.90 Å². The maximum atomic E-state index is 12.2. The van der Waals surface area contributed by atoms with E-state index in [1.807, 2.05) is 0 Å². The van der Waals surface area contributed by atoms with Crippen LogP contribution >= 0.6 is 15.9 Å². The molecule has 1 rings (SSSR count). The summed E-state index contributed by atoms with van der Waals surface area (Å²) in [4.78, 5) is 0.225. The predicted molar refractivity (Wildman–Crippen MR) is 87.5 cm³/mol. The van der Waals surface area contributed by atoms with Crippen molar-refractivity contribution in [1.29, 1.82) is 0 Å². The fraction of sp³-hybridized carbons (Fsp3) is 0.571. The van der Waals surface area contributed by atoms with Crippen molar-refractivity contribution in [2.24, 2.45) is 11.7 Å². The highest BCUT2D eigenvalue weighted by atomic mass is 79.9. The van der Waals surface area contributed by atoms with Crippen LogP contribution in [0.2, 0.25) is 0 Å². The van der Waals surface area contributed by atoms with Gasteiger partial charge in [0.1, 0.15) is 0 Å². The molecule has 0 aliphatic heterocycles. The summed E-state index contributed by atoms with van der Waals surface area (Å²) in [5.41, 5.74) is 6.40. The van der Waals surface area contributed by atoms with Gasteiger partial charge in [0.15, 0.2) is 0 Å². The van der Waals surface area contributed by atoms with E-state index in [0.29, 0.717) is 43.1 Å². The summed E-state index contributed by atoms with van der Waals surface area (Å²) in [6.45, 7) is 6.12. The van der Waals surface area contributed by atoms with Gasteiger partial charge in [-0.25, -0.2) is 13.1 Å². The van der Waals surface area contributed by atoms with Crippen LogP contribution in [0.3, 0.4) is 0 Å². The molecular formula is C14H23BrN2O3S. The van der Waals surface area contributed by atoms with E-state index in [0.717, 1.165) is 5.56 Å². The molecule has 1 aromatic carbocycles. The Balaban J connectivity index is 2.50. The van der Waals surface area contributed by atoms with Crippen LogP contribution in [0.1, 0.15) is 25.8 Å². The molecule has 21 heavy (non-hydrogen) atoms.